The number of esters is 1. The van der Waals surface area contributed by atoms with E-state index in [0.717, 1.165) is 6.42 Å². The minimum absolute atomic E-state index is 0.0244. The van der Waals surface area contributed by atoms with E-state index in [1.54, 1.807) is 24.3 Å². The van der Waals surface area contributed by atoms with Gasteiger partial charge in [0.1, 0.15) is 6.07 Å². The lowest BCUT2D eigenvalue weighted by Crippen LogP contribution is -2.14. The molecule has 1 aromatic carbocycles. The third-order valence-corrected chi connectivity index (χ3v) is 3.12. The highest BCUT2D eigenvalue weighted by molar-refractivity contribution is 5.98. The molecule has 1 aromatic rings. The highest BCUT2D eigenvalue weighted by Crippen LogP contribution is 2.30. The van der Waals surface area contributed by atoms with Crippen molar-refractivity contribution in [3.8, 4) is 17.6 Å². The molecule has 2 rings (SSSR count). The molecule has 0 amide bonds. The summed E-state index contributed by atoms with van der Waals surface area (Å²) in [5.41, 5.74) is 0.463. The molecule has 116 valence electrons. The molecule has 0 spiro atoms. The van der Waals surface area contributed by atoms with Crippen molar-refractivity contribution in [2.75, 3.05) is 13.2 Å². The van der Waals surface area contributed by atoms with E-state index in [0.29, 0.717) is 30.3 Å². The van der Waals surface area contributed by atoms with Crippen LogP contribution in [0.2, 0.25) is 0 Å². The fraction of sp³-hybridized carbons (Fsp3) is 0.438. The van der Waals surface area contributed by atoms with Crippen LogP contribution in [0.25, 0.3) is 0 Å². The van der Waals surface area contributed by atoms with Gasteiger partial charge in [0, 0.05) is 18.4 Å². The Kier molecular flexibility index (Phi) is 5.37. The van der Waals surface area contributed by atoms with Gasteiger partial charge >= 0.3 is 5.97 Å². The first-order chi connectivity index (χ1) is 10.6. The number of hydrogen-bond donors (Lipinski definition) is 0. The van der Waals surface area contributed by atoms with Crippen molar-refractivity contribution in [1.29, 1.82) is 5.26 Å². The molecule has 22 heavy (non-hydrogen) atoms. The number of nitrogens with zero attached hydrogens (tertiary/aromatic N) is 1. The molecule has 0 aromatic heterocycles. The highest BCUT2D eigenvalue weighted by Gasteiger charge is 2.16. The summed E-state index contributed by atoms with van der Waals surface area (Å²) in [6.45, 7) is 2.61. The second kappa shape index (κ2) is 7.46. The molecule has 0 unspecified atom stereocenters. The molecular formula is C16H17NO5. The molecule has 0 radical (unpaired) electrons. The monoisotopic (exact) mass is 303 g/mol. The molecule has 1 aliphatic heterocycles. The zero-order valence-electron chi connectivity index (χ0n) is 12.3. The van der Waals surface area contributed by atoms with Gasteiger partial charge in [0.2, 0.25) is 0 Å². The number of fused-ring (bicyclic) bond motifs is 1. The molecule has 0 aliphatic carbocycles. The molecule has 6 heteroatoms. The molecule has 0 fully saturated rings. The van der Waals surface area contributed by atoms with Crippen molar-refractivity contribution >= 4 is 11.8 Å². The molecule has 0 N–H and O–H groups in total. The Balaban J connectivity index is 1.94. The SMILES string of the molecule is C[C@H](C#N)OC(=O)CCC(=O)c1ccc2c(c1)OCCCO2. The van der Waals surface area contributed by atoms with Gasteiger partial charge in [-0.2, -0.15) is 5.26 Å². The predicted octanol–water partition coefficient (Wildman–Crippen LogP) is 2.27. The number of carbonyl (C=O) groups is 2. The van der Waals surface area contributed by atoms with Crippen LogP contribution in [0.3, 0.4) is 0 Å². The van der Waals surface area contributed by atoms with Gasteiger partial charge < -0.3 is 14.2 Å². The average Bonchev–Trinajstić information content (AvgIpc) is 2.76. The zero-order chi connectivity index (χ0) is 15.9. The average molecular weight is 303 g/mol. The summed E-state index contributed by atoms with van der Waals surface area (Å²) < 4.78 is 15.8. The van der Waals surface area contributed by atoms with Crippen molar-refractivity contribution in [2.45, 2.75) is 32.3 Å². The van der Waals surface area contributed by atoms with Crippen LogP contribution in [-0.2, 0) is 9.53 Å². The second-order valence-electron chi connectivity index (χ2n) is 4.90. The van der Waals surface area contributed by atoms with Gasteiger partial charge in [-0.15, -0.1) is 0 Å². The molecule has 0 bridgehead atoms. The maximum Gasteiger partial charge on any atom is 0.307 e. The largest absolute Gasteiger partial charge is 0.490 e. The van der Waals surface area contributed by atoms with E-state index in [1.807, 2.05) is 0 Å². The van der Waals surface area contributed by atoms with Crippen LogP contribution in [0.4, 0.5) is 0 Å². The molecule has 1 atom stereocenters. The first-order valence-electron chi connectivity index (χ1n) is 7.12. The number of ketones is 1. The zero-order valence-corrected chi connectivity index (χ0v) is 12.3. The van der Waals surface area contributed by atoms with Crippen LogP contribution in [0, 0.1) is 11.3 Å². The predicted molar refractivity (Wildman–Crippen MR) is 76.8 cm³/mol. The minimum Gasteiger partial charge on any atom is -0.490 e. The van der Waals surface area contributed by atoms with Gasteiger partial charge in [0.25, 0.3) is 0 Å². The lowest BCUT2D eigenvalue weighted by molar-refractivity contribution is -0.145. The fourth-order valence-electron chi connectivity index (χ4n) is 1.98. The molecule has 0 saturated heterocycles. The van der Waals surface area contributed by atoms with E-state index in [1.165, 1.54) is 6.92 Å². The van der Waals surface area contributed by atoms with Gasteiger partial charge in [0.05, 0.1) is 19.6 Å². The summed E-state index contributed by atoms with van der Waals surface area (Å²) in [6.07, 6.45) is -0.0442. The third kappa shape index (κ3) is 4.22. The molecule has 6 nitrogen and oxygen atoms in total. The maximum absolute atomic E-state index is 12.1. The number of Topliss-reactive ketones (excluding diaryl/α,β-unsaturated/α-hetero) is 1. The number of carbonyl (C=O) groups excluding carboxylic acids is 2. The van der Waals surface area contributed by atoms with E-state index in [2.05, 4.69) is 0 Å². The van der Waals surface area contributed by atoms with Gasteiger partial charge in [-0.05, 0) is 25.1 Å². The van der Waals surface area contributed by atoms with E-state index < -0.39 is 12.1 Å². The van der Waals surface area contributed by atoms with Crippen LogP contribution in [-0.4, -0.2) is 31.1 Å². The summed E-state index contributed by atoms with van der Waals surface area (Å²) in [7, 11) is 0. The first kappa shape index (κ1) is 15.8. The van der Waals surface area contributed by atoms with E-state index >= 15 is 0 Å². The van der Waals surface area contributed by atoms with Crippen LogP contribution in [0.15, 0.2) is 18.2 Å². The number of rotatable bonds is 5. The maximum atomic E-state index is 12.1. The Morgan fingerprint density at radius 1 is 1.27 bits per heavy atom. The minimum atomic E-state index is -0.805. The Morgan fingerprint density at radius 2 is 2.00 bits per heavy atom. The highest BCUT2D eigenvalue weighted by atomic mass is 16.5. The van der Waals surface area contributed by atoms with Crippen LogP contribution >= 0.6 is 0 Å². The van der Waals surface area contributed by atoms with E-state index in [4.69, 9.17) is 19.5 Å². The van der Waals surface area contributed by atoms with Crippen molar-refractivity contribution < 1.29 is 23.8 Å². The van der Waals surface area contributed by atoms with Gasteiger partial charge in [-0.25, -0.2) is 0 Å². The first-order valence-corrected chi connectivity index (χ1v) is 7.12. The van der Waals surface area contributed by atoms with Crippen LogP contribution in [0.5, 0.6) is 11.5 Å². The van der Waals surface area contributed by atoms with Crippen molar-refractivity contribution in [2.24, 2.45) is 0 Å². The van der Waals surface area contributed by atoms with Crippen molar-refractivity contribution in [1.82, 2.24) is 0 Å². The van der Waals surface area contributed by atoms with Crippen molar-refractivity contribution in [3.63, 3.8) is 0 Å². The quantitative estimate of drug-likeness (QED) is 0.612. The number of benzene rings is 1. The summed E-state index contributed by atoms with van der Waals surface area (Å²) in [4.78, 5) is 23.6. The third-order valence-electron chi connectivity index (χ3n) is 3.12. The van der Waals surface area contributed by atoms with Gasteiger partial charge in [-0.3, -0.25) is 9.59 Å². The van der Waals surface area contributed by atoms with Crippen LogP contribution < -0.4 is 9.47 Å². The topological polar surface area (TPSA) is 85.6 Å². The van der Waals surface area contributed by atoms with Gasteiger partial charge in [0.15, 0.2) is 23.4 Å². The summed E-state index contributed by atoms with van der Waals surface area (Å²) >= 11 is 0. The Labute approximate surface area is 128 Å². The van der Waals surface area contributed by atoms with Crippen molar-refractivity contribution in [3.05, 3.63) is 23.8 Å². The van der Waals surface area contributed by atoms with Crippen LogP contribution in [0.1, 0.15) is 36.5 Å². The smallest absolute Gasteiger partial charge is 0.307 e. The molecule has 0 saturated carbocycles. The van der Waals surface area contributed by atoms with Gasteiger partial charge in [-0.1, -0.05) is 0 Å². The molecule has 1 heterocycles. The fourth-order valence-corrected chi connectivity index (χ4v) is 1.98. The lowest BCUT2D eigenvalue weighted by atomic mass is 10.1. The lowest BCUT2D eigenvalue weighted by Gasteiger charge is -2.09. The number of hydrogen-bond acceptors (Lipinski definition) is 6. The Bertz CT molecular complexity index is 605. The second-order valence-corrected chi connectivity index (χ2v) is 4.90. The normalized spacial score (nSPS) is 14.4. The summed E-state index contributed by atoms with van der Waals surface area (Å²) in [5, 5.41) is 8.55. The van der Waals surface area contributed by atoms with E-state index in [9.17, 15) is 9.59 Å². The number of ether oxygens (including phenoxy) is 3. The summed E-state index contributed by atoms with van der Waals surface area (Å²) in [6, 6.07) is 6.78. The molecular weight excluding hydrogens is 286 g/mol. The Morgan fingerprint density at radius 3 is 2.73 bits per heavy atom. The van der Waals surface area contributed by atoms with E-state index in [-0.39, 0.29) is 18.6 Å². The number of nitriles is 1. The molecule has 1 aliphatic rings. The standard InChI is InChI=1S/C16H17NO5/c1-11(10-17)22-16(19)6-4-13(18)12-3-5-14-15(9-12)21-8-2-7-20-14/h3,5,9,11H,2,4,6-8H2,1H3/t11-/m1/s1. The summed E-state index contributed by atoms with van der Waals surface area (Å²) in [5.74, 6) is 0.425. The Hall–Kier alpha value is -2.55.